The zero-order valence-electron chi connectivity index (χ0n) is 11.6. The van der Waals surface area contributed by atoms with Crippen LogP contribution in [-0.2, 0) is 13.0 Å². The molecule has 2 rings (SSSR count). The van der Waals surface area contributed by atoms with Crippen LogP contribution in [0.3, 0.4) is 0 Å². The van der Waals surface area contributed by atoms with E-state index in [0.29, 0.717) is 27.8 Å². The highest BCUT2D eigenvalue weighted by molar-refractivity contribution is 6.35. The molecule has 2 nitrogen and oxygen atoms in total. The number of nitrogens with two attached hydrogens (primary N) is 1. The third-order valence-corrected chi connectivity index (χ3v) is 3.64. The number of rotatable bonds is 5. The van der Waals surface area contributed by atoms with Gasteiger partial charge in [0, 0.05) is 27.7 Å². The second-order valence-electron chi connectivity index (χ2n) is 4.97. The SMILES string of the molecule is CC(N)Cc1cc(F)cc(OCc2c(Cl)cccc2Cl)c1. The Bertz CT molecular complexity index is 611. The van der Waals surface area contributed by atoms with E-state index in [1.807, 2.05) is 6.92 Å². The first kappa shape index (κ1) is 16.1. The van der Waals surface area contributed by atoms with E-state index in [-0.39, 0.29) is 18.5 Å². The minimum absolute atomic E-state index is 0.0438. The molecule has 0 radical (unpaired) electrons. The van der Waals surface area contributed by atoms with Gasteiger partial charge in [0.1, 0.15) is 18.2 Å². The Morgan fingerprint density at radius 2 is 1.86 bits per heavy atom. The monoisotopic (exact) mass is 327 g/mol. The number of ether oxygens (including phenoxy) is 1. The van der Waals surface area contributed by atoms with Crippen molar-refractivity contribution >= 4 is 23.2 Å². The Morgan fingerprint density at radius 3 is 2.48 bits per heavy atom. The molecule has 0 saturated heterocycles. The van der Waals surface area contributed by atoms with Crippen LogP contribution in [0, 0.1) is 5.82 Å². The minimum atomic E-state index is -0.353. The maximum atomic E-state index is 13.6. The molecule has 0 heterocycles. The summed E-state index contributed by atoms with van der Waals surface area (Å²) in [5.74, 6) is 0.0787. The molecule has 0 bridgehead atoms. The van der Waals surface area contributed by atoms with E-state index < -0.39 is 0 Å². The molecule has 21 heavy (non-hydrogen) atoms. The Kier molecular flexibility index (Phi) is 5.45. The van der Waals surface area contributed by atoms with Crippen molar-refractivity contribution in [3.8, 4) is 5.75 Å². The molecule has 2 aromatic rings. The van der Waals surface area contributed by atoms with Crippen LogP contribution in [0.4, 0.5) is 4.39 Å². The Morgan fingerprint density at radius 1 is 1.19 bits per heavy atom. The average molecular weight is 328 g/mol. The van der Waals surface area contributed by atoms with Gasteiger partial charge >= 0.3 is 0 Å². The lowest BCUT2D eigenvalue weighted by atomic mass is 10.1. The van der Waals surface area contributed by atoms with Gasteiger partial charge in [0.05, 0.1) is 0 Å². The lowest BCUT2D eigenvalue weighted by molar-refractivity contribution is 0.304. The first-order valence-corrected chi connectivity index (χ1v) is 7.32. The maximum absolute atomic E-state index is 13.6. The standard InChI is InChI=1S/C16H16Cl2FNO/c1-10(20)5-11-6-12(19)8-13(7-11)21-9-14-15(17)3-2-4-16(14)18/h2-4,6-8,10H,5,9,20H2,1H3. The first-order chi connectivity index (χ1) is 9.95. The lowest BCUT2D eigenvalue weighted by Crippen LogP contribution is -2.17. The average Bonchev–Trinajstić information content (AvgIpc) is 2.36. The van der Waals surface area contributed by atoms with Crippen molar-refractivity contribution in [1.82, 2.24) is 0 Å². The fourth-order valence-corrected chi connectivity index (χ4v) is 2.53. The van der Waals surface area contributed by atoms with Crippen LogP contribution in [0.2, 0.25) is 10.0 Å². The lowest BCUT2D eigenvalue weighted by Gasteiger charge is -2.12. The molecule has 0 aliphatic heterocycles. The molecular formula is C16H16Cl2FNO. The van der Waals surface area contributed by atoms with Crippen molar-refractivity contribution in [2.75, 3.05) is 0 Å². The molecule has 0 saturated carbocycles. The van der Waals surface area contributed by atoms with Crippen LogP contribution >= 0.6 is 23.2 Å². The van der Waals surface area contributed by atoms with Gasteiger partial charge in [-0.3, -0.25) is 0 Å². The van der Waals surface area contributed by atoms with Gasteiger partial charge in [-0.2, -0.15) is 0 Å². The normalized spacial score (nSPS) is 12.2. The zero-order chi connectivity index (χ0) is 15.4. The van der Waals surface area contributed by atoms with Crippen molar-refractivity contribution < 1.29 is 9.13 Å². The summed E-state index contributed by atoms with van der Waals surface area (Å²) in [6, 6.07) is 9.75. The van der Waals surface area contributed by atoms with E-state index >= 15 is 0 Å². The summed E-state index contributed by atoms with van der Waals surface area (Å²) in [7, 11) is 0. The zero-order valence-corrected chi connectivity index (χ0v) is 13.1. The molecule has 0 aromatic heterocycles. The van der Waals surface area contributed by atoms with Crippen LogP contribution < -0.4 is 10.5 Å². The van der Waals surface area contributed by atoms with E-state index in [2.05, 4.69) is 0 Å². The van der Waals surface area contributed by atoms with Gasteiger partial charge in [-0.05, 0) is 43.2 Å². The van der Waals surface area contributed by atoms with E-state index in [9.17, 15) is 4.39 Å². The molecule has 0 aliphatic rings. The highest BCUT2D eigenvalue weighted by Crippen LogP contribution is 2.26. The topological polar surface area (TPSA) is 35.2 Å². The number of hydrogen-bond donors (Lipinski definition) is 1. The largest absolute Gasteiger partial charge is 0.489 e. The van der Waals surface area contributed by atoms with E-state index in [1.165, 1.54) is 12.1 Å². The van der Waals surface area contributed by atoms with E-state index in [0.717, 1.165) is 5.56 Å². The van der Waals surface area contributed by atoms with Crippen LogP contribution in [0.25, 0.3) is 0 Å². The molecular weight excluding hydrogens is 312 g/mol. The maximum Gasteiger partial charge on any atom is 0.127 e. The predicted molar refractivity (Wildman–Crippen MR) is 84.5 cm³/mol. The van der Waals surface area contributed by atoms with Crippen molar-refractivity contribution in [2.24, 2.45) is 5.73 Å². The molecule has 1 unspecified atom stereocenters. The summed E-state index contributed by atoms with van der Waals surface area (Å²) in [6.07, 6.45) is 0.584. The summed E-state index contributed by atoms with van der Waals surface area (Å²) >= 11 is 12.1. The number of halogens is 3. The van der Waals surface area contributed by atoms with Gasteiger partial charge in [-0.15, -0.1) is 0 Å². The summed E-state index contributed by atoms with van der Waals surface area (Å²) in [4.78, 5) is 0. The molecule has 5 heteroatoms. The highest BCUT2D eigenvalue weighted by atomic mass is 35.5. The van der Waals surface area contributed by atoms with E-state index in [4.69, 9.17) is 33.7 Å². The third-order valence-electron chi connectivity index (χ3n) is 2.93. The Hall–Kier alpha value is -1.29. The molecule has 0 amide bonds. The molecule has 112 valence electrons. The number of hydrogen-bond acceptors (Lipinski definition) is 2. The van der Waals surface area contributed by atoms with Crippen LogP contribution in [0.1, 0.15) is 18.1 Å². The van der Waals surface area contributed by atoms with Gasteiger partial charge in [-0.25, -0.2) is 4.39 Å². The molecule has 0 fully saturated rings. The van der Waals surface area contributed by atoms with Crippen molar-refractivity contribution in [1.29, 1.82) is 0 Å². The molecule has 2 N–H and O–H groups in total. The van der Waals surface area contributed by atoms with Gasteiger partial charge in [-0.1, -0.05) is 29.3 Å². The fraction of sp³-hybridized carbons (Fsp3) is 0.250. The van der Waals surface area contributed by atoms with Crippen LogP contribution in [0.5, 0.6) is 5.75 Å². The van der Waals surface area contributed by atoms with Crippen molar-refractivity contribution in [3.63, 3.8) is 0 Å². The smallest absolute Gasteiger partial charge is 0.127 e. The Balaban J connectivity index is 2.14. The third kappa shape index (κ3) is 4.60. The fourth-order valence-electron chi connectivity index (χ4n) is 2.02. The quantitative estimate of drug-likeness (QED) is 0.870. The second-order valence-corrected chi connectivity index (χ2v) is 5.78. The second kappa shape index (κ2) is 7.12. The van der Waals surface area contributed by atoms with Crippen LogP contribution in [0.15, 0.2) is 36.4 Å². The first-order valence-electron chi connectivity index (χ1n) is 6.56. The van der Waals surface area contributed by atoms with Gasteiger partial charge in [0.2, 0.25) is 0 Å². The Labute approximate surface area is 133 Å². The summed E-state index contributed by atoms with van der Waals surface area (Å²) < 4.78 is 19.2. The molecule has 2 aromatic carbocycles. The van der Waals surface area contributed by atoms with Crippen molar-refractivity contribution in [3.05, 3.63) is 63.4 Å². The predicted octanol–water partition coefficient (Wildman–Crippen LogP) is 4.60. The summed E-state index contributed by atoms with van der Waals surface area (Å²) in [5.41, 5.74) is 7.21. The highest BCUT2D eigenvalue weighted by Gasteiger charge is 2.08. The van der Waals surface area contributed by atoms with Crippen molar-refractivity contribution in [2.45, 2.75) is 26.0 Å². The molecule has 1 atom stereocenters. The van der Waals surface area contributed by atoms with Gasteiger partial charge in [0.15, 0.2) is 0 Å². The van der Waals surface area contributed by atoms with E-state index in [1.54, 1.807) is 24.3 Å². The minimum Gasteiger partial charge on any atom is -0.489 e. The summed E-state index contributed by atoms with van der Waals surface area (Å²) in [6.45, 7) is 2.05. The number of benzene rings is 2. The van der Waals surface area contributed by atoms with Gasteiger partial charge in [0.25, 0.3) is 0 Å². The molecule has 0 spiro atoms. The molecule has 0 aliphatic carbocycles. The summed E-state index contributed by atoms with van der Waals surface area (Å²) in [5, 5.41) is 1.05. The van der Waals surface area contributed by atoms with Gasteiger partial charge < -0.3 is 10.5 Å². The van der Waals surface area contributed by atoms with Crippen LogP contribution in [-0.4, -0.2) is 6.04 Å².